The number of hydrogen-bond acceptors (Lipinski definition) is 3. The second kappa shape index (κ2) is 4.47. The Hall–Kier alpha value is -1.64. The molecule has 2 rings (SSSR count). The lowest BCUT2D eigenvalue weighted by Crippen LogP contribution is -2.32. The van der Waals surface area contributed by atoms with E-state index in [1.54, 1.807) is 6.07 Å². The Morgan fingerprint density at radius 1 is 1.56 bits per heavy atom. The highest BCUT2D eigenvalue weighted by Crippen LogP contribution is 2.15. The quantitative estimate of drug-likeness (QED) is 0.612. The second-order valence-electron chi connectivity index (χ2n) is 3.05. The van der Waals surface area contributed by atoms with Crippen LogP contribution in [-0.4, -0.2) is 15.6 Å². The first-order chi connectivity index (χ1) is 7.74. The van der Waals surface area contributed by atoms with Gasteiger partial charge in [-0.05, 0) is 35.9 Å². The largest absolute Gasteiger partial charge is 0.350 e. The van der Waals surface area contributed by atoms with Crippen LogP contribution in [0.5, 0.6) is 0 Å². The van der Waals surface area contributed by atoms with E-state index in [1.807, 2.05) is 18.2 Å². The van der Waals surface area contributed by atoms with Crippen molar-refractivity contribution in [3.8, 4) is 12.3 Å². The number of terminal acetylenes is 1. The molecule has 0 radical (unpaired) electrons. The third-order valence-electron chi connectivity index (χ3n) is 2.02. The van der Waals surface area contributed by atoms with Crippen LogP contribution >= 0.6 is 23.8 Å². The summed E-state index contributed by atoms with van der Waals surface area (Å²) < 4.78 is 2.36. The van der Waals surface area contributed by atoms with Crippen molar-refractivity contribution >= 4 is 38.9 Å². The molecule has 16 heavy (non-hydrogen) atoms. The Labute approximate surface area is 102 Å². The summed E-state index contributed by atoms with van der Waals surface area (Å²) in [4.78, 5) is 11.9. The maximum atomic E-state index is 11.9. The number of nitrogens with one attached hydrogen (secondary N) is 1. The lowest BCUT2D eigenvalue weighted by Gasteiger charge is -2.02. The Balaban J connectivity index is 2.47. The molecule has 0 aliphatic carbocycles. The van der Waals surface area contributed by atoms with Gasteiger partial charge in [0.15, 0.2) is 5.11 Å². The lowest BCUT2D eigenvalue weighted by atomic mass is 10.3. The normalized spacial score (nSPS) is 9.94. The molecule has 1 N–H and O–H groups in total. The number of benzene rings is 1. The molecular weight excluding hydrogens is 240 g/mol. The van der Waals surface area contributed by atoms with Crippen LogP contribution in [0.4, 0.5) is 0 Å². The van der Waals surface area contributed by atoms with E-state index in [1.165, 1.54) is 15.5 Å². The summed E-state index contributed by atoms with van der Waals surface area (Å²) in [6.07, 6.45) is 5.11. The van der Waals surface area contributed by atoms with Gasteiger partial charge in [-0.1, -0.05) is 18.1 Å². The number of nitrogens with zero attached hydrogens (tertiary/aromatic N) is 1. The highest BCUT2D eigenvalue weighted by Gasteiger charge is 2.09. The van der Waals surface area contributed by atoms with E-state index in [2.05, 4.69) is 11.2 Å². The van der Waals surface area contributed by atoms with Gasteiger partial charge in [0.1, 0.15) is 0 Å². The zero-order valence-corrected chi connectivity index (χ0v) is 9.90. The first-order valence-corrected chi connectivity index (χ1v) is 5.75. The van der Waals surface area contributed by atoms with E-state index in [0.29, 0.717) is 17.0 Å². The van der Waals surface area contributed by atoms with Gasteiger partial charge in [-0.15, -0.1) is 6.42 Å². The van der Waals surface area contributed by atoms with Gasteiger partial charge in [-0.2, -0.15) is 0 Å². The van der Waals surface area contributed by atoms with E-state index in [0.717, 1.165) is 4.70 Å². The number of hydrogen-bond donors (Lipinski definition) is 1. The number of thiocarbonyl (C=S) groups is 1. The molecule has 0 amide bonds. The minimum atomic E-state index is -0.102. The number of rotatable bonds is 1. The SMILES string of the molecule is C#CCNC(=S)n1sc2ccccc2c1=O. The topological polar surface area (TPSA) is 34.0 Å². The standard InChI is InChI=1S/C11H8N2OS2/c1-2-7-12-11(15)13-10(14)8-5-3-4-6-9(8)16-13/h1,3-6H,7H2,(H,12,15). The fraction of sp³-hybridized carbons (Fsp3) is 0.0909. The fourth-order valence-electron chi connectivity index (χ4n) is 1.30. The van der Waals surface area contributed by atoms with Crippen molar-refractivity contribution in [1.82, 2.24) is 9.27 Å². The summed E-state index contributed by atoms with van der Waals surface area (Å²) in [5.41, 5.74) is -0.102. The third kappa shape index (κ3) is 1.85. The van der Waals surface area contributed by atoms with Gasteiger partial charge in [-0.25, -0.2) is 3.96 Å². The molecule has 0 bridgehead atoms. The van der Waals surface area contributed by atoms with Crippen LogP contribution < -0.4 is 10.9 Å². The first-order valence-electron chi connectivity index (χ1n) is 4.57. The zero-order chi connectivity index (χ0) is 11.5. The highest BCUT2D eigenvalue weighted by atomic mass is 32.1. The molecule has 0 unspecified atom stereocenters. The van der Waals surface area contributed by atoms with Crippen molar-refractivity contribution in [3.05, 3.63) is 34.6 Å². The molecule has 0 saturated heterocycles. The van der Waals surface area contributed by atoms with Gasteiger partial charge < -0.3 is 5.32 Å². The summed E-state index contributed by atoms with van der Waals surface area (Å²) in [6.45, 7) is 0.319. The Bertz CT molecular complexity index is 633. The summed E-state index contributed by atoms with van der Waals surface area (Å²) >= 11 is 6.40. The van der Waals surface area contributed by atoms with Gasteiger partial charge in [0.05, 0.1) is 16.6 Å². The van der Waals surface area contributed by atoms with Crippen LogP contribution in [0.15, 0.2) is 29.1 Å². The predicted octanol–water partition coefficient (Wildman–Crippen LogP) is 1.42. The molecule has 0 aliphatic heterocycles. The van der Waals surface area contributed by atoms with E-state index < -0.39 is 0 Å². The lowest BCUT2D eigenvalue weighted by molar-refractivity contribution is 1.02. The summed E-state index contributed by atoms with van der Waals surface area (Å²) in [6, 6.07) is 7.40. The molecule has 0 saturated carbocycles. The molecule has 1 heterocycles. The molecule has 3 nitrogen and oxygen atoms in total. The van der Waals surface area contributed by atoms with Crippen LogP contribution in [0.25, 0.3) is 10.1 Å². The predicted molar refractivity (Wildman–Crippen MR) is 70.9 cm³/mol. The van der Waals surface area contributed by atoms with Gasteiger partial charge in [-0.3, -0.25) is 4.79 Å². The smallest absolute Gasteiger partial charge is 0.275 e. The maximum Gasteiger partial charge on any atom is 0.275 e. The van der Waals surface area contributed by atoms with Crippen molar-refractivity contribution in [2.45, 2.75) is 0 Å². The van der Waals surface area contributed by atoms with Gasteiger partial charge in [0, 0.05) is 0 Å². The Morgan fingerprint density at radius 3 is 3.00 bits per heavy atom. The summed E-state index contributed by atoms with van der Waals surface area (Å²) in [5, 5.41) is 3.85. The zero-order valence-electron chi connectivity index (χ0n) is 8.27. The average molecular weight is 248 g/mol. The molecule has 0 atom stereocenters. The minimum Gasteiger partial charge on any atom is -0.350 e. The van der Waals surface area contributed by atoms with Crippen LogP contribution in [-0.2, 0) is 0 Å². The molecule has 1 aromatic carbocycles. The van der Waals surface area contributed by atoms with Crippen LogP contribution in [0, 0.1) is 12.3 Å². The van der Waals surface area contributed by atoms with Crippen molar-refractivity contribution in [1.29, 1.82) is 0 Å². The average Bonchev–Trinajstić information content (AvgIpc) is 2.64. The van der Waals surface area contributed by atoms with Crippen LogP contribution in [0.2, 0.25) is 0 Å². The van der Waals surface area contributed by atoms with Crippen molar-refractivity contribution in [2.24, 2.45) is 0 Å². The molecule has 0 aliphatic rings. The molecule has 5 heteroatoms. The molecule has 80 valence electrons. The van der Waals surface area contributed by atoms with E-state index >= 15 is 0 Å². The van der Waals surface area contributed by atoms with Gasteiger partial charge in [0.25, 0.3) is 5.56 Å². The van der Waals surface area contributed by atoms with Crippen molar-refractivity contribution in [3.63, 3.8) is 0 Å². The molecular formula is C11H8N2OS2. The first kappa shape index (κ1) is 10.9. The van der Waals surface area contributed by atoms with Crippen LogP contribution in [0.3, 0.4) is 0 Å². The van der Waals surface area contributed by atoms with E-state index in [9.17, 15) is 4.79 Å². The summed E-state index contributed by atoms with van der Waals surface area (Å²) in [7, 11) is 0. The van der Waals surface area contributed by atoms with Crippen molar-refractivity contribution < 1.29 is 0 Å². The summed E-state index contributed by atoms with van der Waals surface area (Å²) in [5.74, 6) is 2.41. The molecule has 0 spiro atoms. The molecule has 2 aromatic rings. The van der Waals surface area contributed by atoms with Crippen molar-refractivity contribution in [2.75, 3.05) is 6.54 Å². The fourth-order valence-corrected chi connectivity index (χ4v) is 2.49. The molecule has 0 fully saturated rings. The Morgan fingerprint density at radius 2 is 2.31 bits per heavy atom. The third-order valence-corrected chi connectivity index (χ3v) is 3.54. The van der Waals surface area contributed by atoms with Crippen LogP contribution in [0.1, 0.15) is 0 Å². The van der Waals surface area contributed by atoms with E-state index in [-0.39, 0.29) is 5.56 Å². The number of fused-ring (bicyclic) bond motifs is 1. The maximum absolute atomic E-state index is 11.9. The molecule has 1 aromatic heterocycles. The number of aromatic nitrogens is 1. The van der Waals surface area contributed by atoms with Gasteiger partial charge in [0.2, 0.25) is 0 Å². The minimum absolute atomic E-state index is 0.102. The van der Waals surface area contributed by atoms with E-state index in [4.69, 9.17) is 18.6 Å². The Kier molecular flexibility index (Phi) is 3.04. The second-order valence-corrected chi connectivity index (χ2v) is 4.42. The highest BCUT2D eigenvalue weighted by molar-refractivity contribution is 7.80. The van der Waals surface area contributed by atoms with Gasteiger partial charge >= 0.3 is 0 Å². The monoisotopic (exact) mass is 248 g/mol.